The summed E-state index contributed by atoms with van der Waals surface area (Å²) in [6.45, 7) is 19.6. The Morgan fingerprint density at radius 3 is 1.52 bits per heavy atom. The molecule has 0 radical (unpaired) electrons. The topological polar surface area (TPSA) is 36.9 Å². The molecular weight excluding hydrogens is 520 g/mol. The lowest BCUT2D eigenvalue weighted by molar-refractivity contribution is -0.235. The highest BCUT2D eigenvalue weighted by molar-refractivity contribution is 5.46. The molecule has 2 aliphatic heterocycles. The maximum Gasteiger partial charge on any atom is 0.161 e. The van der Waals surface area contributed by atoms with Crippen LogP contribution in [0.25, 0.3) is 0 Å². The molecular formula is C38H56O4. The van der Waals surface area contributed by atoms with E-state index in [0.29, 0.717) is 17.9 Å². The molecule has 2 saturated heterocycles. The molecule has 0 N–H and O–H groups in total. The van der Waals surface area contributed by atoms with Crippen LogP contribution >= 0.6 is 0 Å². The van der Waals surface area contributed by atoms with Crippen LogP contribution in [0.1, 0.15) is 104 Å². The molecule has 3 aliphatic rings. The lowest BCUT2D eigenvalue weighted by Crippen LogP contribution is -2.38. The zero-order chi connectivity index (χ0) is 30.0. The molecule has 5 rings (SSSR count). The molecule has 0 amide bonds. The molecule has 2 heterocycles. The maximum absolute atomic E-state index is 6.13. The average molecular weight is 577 g/mol. The van der Waals surface area contributed by atoms with E-state index in [1.165, 1.54) is 71.0 Å². The van der Waals surface area contributed by atoms with E-state index in [2.05, 4.69) is 79.7 Å². The van der Waals surface area contributed by atoms with Crippen molar-refractivity contribution in [3.05, 3.63) is 68.8 Å². The lowest BCUT2D eigenvalue weighted by atomic mass is 9.77. The molecule has 2 aromatic rings. The van der Waals surface area contributed by atoms with Gasteiger partial charge in [0.1, 0.15) is 0 Å². The lowest BCUT2D eigenvalue weighted by Gasteiger charge is -2.36. The Labute approximate surface area is 255 Å². The second-order valence-electron chi connectivity index (χ2n) is 14.1. The van der Waals surface area contributed by atoms with Gasteiger partial charge >= 0.3 is 0 Å². The third-order valence-electron chi connectivity index (χ3n) is 11.2. The summed E-state index contributed by atoms with van der Waals surface area (Å²) in [5, 5.41) is 0. The van der Waals surface area contributed by atoms with Gasteiger partial charge < -0.3 is 18.9 Å². The summed E-state index contributed by atoms with van der Waals surface area (Å²) in [6, 6.07) is 9.45. The molecule has 1 aliphatic carbocycles. The minimum Gasteiger partial charge on any atom is -0.352 e. The van der Waals surface area contributed by atoms with E-state index in [4.69, 9.17) is 18.9 Å². The quantitative estimate of drug-likeness (QED) is 0.315. The number of hydrogen-bond acceptors (Lipinski definition) is 4. The van der Waals surface area contributed by atoms with Crippen molar-refractivity contribution >= 4 is 0 Å². The first-order valence-corrected chi connectivity index (χ1v) is 16.8. The van der Waals surface area contributed by atoms with Gasteiger partial charge in [0.05, 0.1) is 25.4 Å². The van der Waals surface area contributed by atoms with Gasteiger partial charge in [-0.3, -0.25) is 0 Å². The number of hydrogen-bond donors (Lipinski definition) is 0. The monoisotopic (exact) mass is 576 g/mol. The second kappa shape index (κ2) is 13.9. The number of rotatable bonds is 8. The minimum absolute atomic E-state index is 0.00600. The van der Waals surface area contributed by atoms with E-state index in [1.807, 2.05) is 0 Å². The number of ether oxygens (including phenoxy) is 4. The van der Waals surface area contributed by atoms with Crippen LogP contribution in [0.5, 0.6) is 0 Å². The summed E-state index contributed by atoms with van der Waals surface area (Å²) in [4.78, 5) is 0. The van der Waals surface area contributed by atoms with Crippen molar-refractivity contribution in [3.63, 3.8) is 0 Å². The first-order valence-electron chi connectivity index (χ1n) is 16.8. The smallest absolute Gasteiger partial charge is 0.161 e. The van der Waals surface area contributed by atoms with E-state index in [9.17, 15) is 0 Å². The van der Waals surface area contributed by atoms with Crippen molar-refractivity contribution in [2.75, 3.05) is 13.2 Å². The average Bonchev–Trinajstić information content (AvgIpc) is 2.97. The molecule has 6 unspecified atom stereocenters. The summed E-state index contributed by atoms with van der Waals surface area (Å²) in [6.07, 6.45) is 9.76. The van der Waals surface area contributed by atoms with Crippen LogP contribution in [0.15, 0.2) is 24.3 Å². The molecule has 0 aromatic heterocycles. The van der Waals surface area contributed by atoms with Gasteiger partial charge in [-0.05, 0) is 136 Å². The Bertz CT molecular complexity index is 1200. The van der Waals surface area contributed by atoms with Crippen LogP contribution in [-0.2, 0) is 38.2 Å². The predicted molar refractivity (Wildman–Crippen MR) is 171 cm³/mol. The van der Waals surface area contributed by atoms with Crippen molar-refractivity contribution in [2.45, 2.75) is 132 Å². The van der Waals surface area contributed by atoms with Crippen molar-refractivity contribution in [1.82, 2.24) is 0 Å². The maximum atomic E-state index is 6.13. The van der Waals surface area contributed by atoms with Crippen LogP contribution in [-0.4, -0.2) is 38.0 Å². The van der Waals surface area contributed by atoms with Gasteiger partial charge in [-0.15, -0.1) is 0 Å². The highest BCUT2D eigenvalue weighted by atomic mass is 16.7. The Morgan fingerprint density at radius 2 is 0.976 bits per heavy atom. The number of benzene rings is 2. The fourth-order valence-electron chi connectivity index (χ4n) is 7.18. The highest BCUT2D eigenvalue weighted by Crippen LogP contribution is 2.36. The van der Waals surface area contributed by atoms with Crippen LogP contribution in [0.2, 0.25) is 0 Å². The molecule has 6 atom stereocenters. The molecule has 0 bridgehead atoms. The zero-order valence-corrected chi connectivity index (χ0v) is 27.6. The van der Waals surface area contributed by atoms with Gasteiger partial charge in [-0.25, -0.2) is 0 Å². The minimum atomic E-state index is -0.139. The summed E-state index contributed by atoms with van der Waals surface area (Å²) >= 11 is 0. The van der Waals surface area contributed by atoms with Gasteiger partial charge in [0, 0.05) is 24.7 Å². The highest BCUT2D eigenvalue weighted by Gasteiger charge is 2.30. The van der Waals surface area contributed by atoms with Crippen molar-refractivity contribution in [1.29, 1.82) is 0 Å². The SMILES string of the molecule is Cc1c(Cc2ccc(CC3OCC(C)C(C)O3)c(C)c2C)ccc(CC2CCC(CC3OCC(C)C(C)O3)CC2)c1C. The van der Waals surface area contributed by atoms with Gasteiger partial charge in [0.25, 0.3) is 0 Å². The molecule has 42 heavy (non-hydrogen) atoms. The third kappa shape index (κ3) is 7.49. The molecule has 2 aromatic carbocycles. The summed E-state index contributed by atoms with van der Waals surface area (Å²) < 4.78 is 24.2. The summed E-state index contributed by atoms with van der Waals surface area (Å²) in [7, 11) is 0. The van der Waals surface area contributed by atoms with E-state index < -0.39 is 0 Å². The molecule has 4 heteroatoms. The Kier molecular flexibility index (Phi) is 10.5. The van der Waals surface area contributed by atoms with Crippen molar-refractivity contribution in [2.24, 2.45) is 23.7 Å². The summed E-state index contributed by atoms with van der Waals surface area (Å²) in [5.74, 6) is 2.48. The van der Waals surface area contributed by atoms with Crippen LogP contribution in [0.3, 0.4) is 0 Å². The largest absolute Gasteiger partial charge is 0.352 e. The van der Waals surface area contributed by atoms with E-state index in [-0.39, 0.29) is 18.7 Å². The zero-order valence-electron chi connectivity index (χ0n) is 27.6. The van der Waals surface area contributed by atoms with Gasteiger partial charge in [-0.1, -0.05) is 38.1 Å². The Morgan fingerprint density at radius 1 is 0.548 bits per heavy atom. The van der Waals surface area contributed by atoms with Gasteiger partial charge in [0.15, 0.2) is 12.6 Å². The van der Waals surface area contributed by atoms with E-state index in [1.54, 1.807) is 5.56 Å². The van der Waals surface area contributed by atoms with Crippen LogP contribution in [0, 0.1) is 51.4 Å². The standard InChI is InChI=1S/C38H56O4/c1-23-21-39-37(41-29(23)7)18-32-11-9-31(10-12-32)17-33-13-14-34(26(4)25(33)3)19-35-15-16-36(28(6)27(35)5)20-38-40-22-24(2)30(8)42-38/h13-16,23-24,29-32,37-38H,9-12,17-22H2,1-8H3. The molecule has 0 spiro atoms. The molecule has 1 saturated carbocycles. The molecule has 232 valence electrons. The Hall–Kier alpha value is -1.72. The fourth-order valence-corrected chi connectivity index (χ4v) is 7.18. The summed E-state index contributed by atoms with van der Waals surface area (Å²) in [5.41, 5.74) is 11.5. The third-order valence-corrected chi connectivity index (χ3v) is 11.2. The van der Waals surface area contributed by atoms with Crippen molar-refractivity contribution in [3.8, 4) is 0 Å². The van der Waals surface area contributed by atoms with E-state index in [0.717, 1.165) is 44.3 Å². The second-order valence-corrected chi connectivity index (χ2v) is 14.1. The first-order chi connectivity index (χ1) is 20.1. The predicted octanol–water partition coefficient (Wildman–Crippen LogP) is 8.59. The Balaban J connectivity index is 1.15. The molecule has 4 nitrogen and oxygen atoms in total. The van der Waals surface area contributed by atoms with Crippen molar-refractivity contribution < 1.29 is 18.9 Å². The van der Waals surface area contributed by atoms with Gasteiger partial charge in [-0.2, -0.15) is 0 Å². The van der Waals surface area contributed by atoms with Crippen LogP contribution < -0.4 is 0 Å². The fraction of sp³-hybridized carbons (Fsp3) is 0.684. The van der Waals surface area contributed by atoms with Gasteiger partial charge in [0.2, 0.25) is 0 Å². The van der Waals surface area contributed by atoms with E-state index >= 15 is 0 Å². The van der Waals surface area contributed by atoms with Crippen LogP contribution in [0.4, 0.5) is 0 Å². The molecule has 3 fully saturated rings. The normalized spacial score (nSPS) is 32.2. The first kappa shape index (κ1) is 31.7.